The van der Waals surface area contributed by atoms with Gasteiger partial charge >= 0.3 is 6.09 Å². The summed E-state index contributed by atoms with van der Waals surface area (Å²) in [5.74, 6) is 1.03. The molecule has 0 aliphatic carbocycles. The van der Waals surface area contributed by atoms with E-state index in [0.717, 1.165) is 29.9 Å². The average molecular weight is 618 g/mol. The number of carbonyl (C=O) groups is 1. The van der Waals surface area contributed by atoms with Gasteiger partial charge in [-0.15, -0.1) is 0 Å². The molecule has 1 aromatic heterocycles. The van der Waals surface area contributed by atoms with Crippen LogP contribution in [0.25, 0.3) is 6.08 Å². The zero-order valence-corrected chi connectivity index (χ0v) is 32.3. The number of nitrogens with zero attached hydrogens (tertiary/aromatic N) is 3. The summed E-state index contributed by atoms with van der Waals surface area (Å²) >= 11 is 0. The average Bonchev–Trinajstić information content (AvgIpc) is 3.20. The second kappa shape index (κ2) is 11.9. The van der Waals surface area contributed by atoms with Crippen LogP contribution in [0.15, 0.2) is 12.3 Å². The molecule has 0 spiro atoms. The summed E-state index contributed by atoms with van der Waals surface area (Å²) < 4.78 is 18.7. The second-order valence-corrected chi connectivity index (χ2v) is 21.4. The Bertz CT molecular complexity index is 1170. The van der Waals surface area contributed by atoms with Crippen molar-refractivity contribution in [3.63, 3.8) is 0 Å². The Balaban J connectivity index is 2.07. The third-order valence-corrected chi connectivity index (χ3v) is 15.3. The van der Waals surface area contributed by atoms with Crippen LogP contribution in [0, 0.1) is 10.8 Å². The Kier molecular flexibility index (Phi) is 9.83. The Hall–Kier alpha value is -1.85. The van der Waals surface area contributed by atoms with Crippen molar-refractivity contribution in [2.45, 2.75) is 138 Å². The molecule has 1 fully saturated rings. The third-order valence-electron chi connectivity index (χ3n) is 10.5. The van der Waals surface area contributed by atoms with Gasteiger partial charge in [0.25, 0.3) is 0 Å². The van der Waals surface area contributed by atoms with Gasteiger partial charge in [-0.3, -0.25) is 0 Å². The Morgan fingerprint density at radius 2 is 1.74 bits per heavy atom. The maximum atomic E-state index is 13.0. The predicted octanol–water partition coefficient (Wildman–Crippen LogP) is 7.24. The molecule has 0 bridgehead atoms. The van der Waals surface area contributed by atoms with Gasteiger partial charge in [0, 0.05) is 30.1 Å². The van der Waals surface area contributed by atoms with E-state index in [1.54, 1.807) is 0 Å². The fourth-order valence-corrected chi connectivity index (χ4v) is 7.34. The van der Waals surface area contributed by atoms with Crippen LogP contribution in [0.2, 0.25) is 18.1 Å². The molecule has 7 nitrogen and oxygen atoms in total. The summed E-state index contributed by atoms with van der Waals surface area (Å²) in [6, 6.07) is 2.58. The van der Waals surface area contributed by atoms with Gasteiger partial charge in [0.2, 0.25) is 8.32 Å². The lowest BCUT2D eigenvalue weighted by Crippen LogP contribution is -2.58. The van der Waals surface area contributed by atoms with Crippen molar-refractivity contribution in [1.82, 2.24) is 9.88 Å². The van der Waals surface area contributed by atoms with E-state index in [9.17, 15) is 4.79 Å². The summed E-state index contributed by atoms with van der Waals surface area (Å²) in [5.41, 5.74) is 2.62. The van der Waals surface area contributed by atoms with Crippen molar-refractivity contribution in [1.29, 1.82) is 0 Å². The van der Waals surface area contributed by atoms with Crippen LogP contribution in [0.3, 0.4) is 0 Å². The topological polar surface area (TPSA) is 64.1 Å². The van der Waals surface area contributed by atoms with E-state index in [2.05, 4.69) is 92.4 Å². The largest absolute Gasteiger partial charge is 0.549 e. The summed E-state index contributed by atoms with van der Waals surface area (Å²) in [6.45, 7) is 32.0. The monoisotopic (exact) mass is 617 g/mol. The van der Waals surface area contributed by atoms with Crippen LogP contribution in [0.5, 0.6) is 0 Å². The first-order chi connectivity index (χ1) is 19.1. The number of carbonyl (C=O) groups excluding carboxylic acids is 1. The lowest BCUT2D eigenvalue weighted by molar-refractivity contribution is -0.0232. The molecule has 9 heteroatoms. The minimum absolute atomic E-state index is 0.0380. The lowest BCUT2D eigenvalue weighted by atomic mass is 9.62. The molecule has 3 heterocycles. The SMILES string of the molecule is CCC(C)(C)C(C)(C)C(O[SiH3])c1nc2c(cc1C=CO[Si](C)(C)C(C)(C)C)C[C@@H]1CN(C(=O)OC(C)(C)C)C[C@@H](C)N21. The highest BCUT2D eigenvalue weighted by Crippen LogP contribution is 2.52. The van der Waals surface area contributed by atoms with E-state index in [1.807, 2.05) is 31.9 Å². The molecule has 42 heavy (non-hydrogen) atoms. The first-order valence-electron chi connectivity index (χ1n) is 15.7. The number of pyridine rings is 1. The van der Waals surface area contributed by atoms with E-state index < -0.39 is 13.9 Å². The molecule has 1 unspecified atom stereocenters. The van der Waals surface area contributed by atoms with Crippen LogP contribution >= 0.6 is 0 Å². The summed E-state index contributed by atoms with van der Waals surface area (Å²) in [7, 11) is -1.36. The fraction of sp³-hybridized carbons (Fsp3) is 0.758. The van der Waals surface area contributed by atoms with E-state index in [4.69, 9.17) is 18.6 Å². The summed E-state index contributed by atoms with van der Waals surface area (Å²) in [5, 5.41) is 0.114. The number of amides is 1. The number of ether oxygens (including phenoxy) is 1. The third kappa shape index (κ3) is 6.93. The number of anilines is 1. The first kappa shape index (κ1) is 34.6. The number of fused-ring (bicyclic) bond motifs is 3. The Morgan fingerprint density at radius 3 is 2.26 bits per heavy atom. The van der Waals surface area contributed by atoms with Gasteiger partial charge in [-0.1, -0.05) is 61.8 Å². The van der Waals surface area contributed by atoms with Gasteiger partial charge in [-0.05, 0) is 75.4 Å². The van der Waals surface area contributed by atoms with Crippen molar-refractivity contribution in [2.24, 2.45) is 10.8 Å². The summed E-state index contributed by atoms with van der Waals surface area (Å²) in [6.07, 6.45) is 5.50. The normalized spacial score (nSPS) is 21.0. The molecule has 0 radical (unpaired) electrons. The van der Waals surface area contributed by atoms with Crippen LogP contribution < -0.4 is 4.90 Å². The molecule has 1 amide bonds. The lowest BCUT2D eigenvalue weighted by Gasteiger charge is -2.47. The van der Waals surface area contributed by atoms with Gasteiger partial charge < -0.3 is 23.4 Å². The highest BCUT2D eigenvalue weighted by atomic mass is 28.4. The smallest absolute Gasteiger partial charge is 0.410 e. The van der Waals surface area contributed by atoms with Crippen molar-refractivity contribution in [2.75, 3.05) is 18.0 Å². The number of rotatable bonds is 8. The van der Waals surface area contributed by atoms with Crippen LogP contribution in [-0.4, -0.2) is 65.6 Å². The zero-order valence-electron chi connectivity index (χ0n) is 29.3. The van der Waals surface area contributed by atoms with Crippen molar-refractivity contribution < 1.29 is 18.4 Å². The molecule has 2 aliphatic heterocycles. The highest BCUT2D eigenvalue weighted by Gasteiger charge is 2.46. The molecule has 1 saturated heterocycles. The number of hydrogen-bond donors (Lipinski definition) is 0. The maximum absolute atomic E-state index is 13.0. The van der Waals surface area contributed by atoms with Crippen LogP contribution in [0.1, 0.15) is 112 Å². The minimum atomic E-state index is -1.96. The van der Waals surface area contributed by atoms with Gasteiger partial charge in [0.15, 0.2) is 0 Å². The molecular formula is C33H59N3O4Si2. The van der Waals surface area contributed by atoms with E-state index in [-0.39, 0.29) is 40.1 Å². The van der Waals surface area contributed by atoms with Gasteiger partial charge in [0.1, 0.15) is 21.9 Å². The van der Waals surface area contributed by atoms with Crippen LogP contribution in [-0.2, 0) is 20.0 Å². The van der Waals surface area contributed by atoms with Crippen molar-refractivity contribution in [3.8, 4) is 0 Å². The van der Waals surface area contributed by atoms with E-state index in [1.165, 1.54) is 5.56 Å². The van der Waals surface area contributed by atoms with Gasteiger partial charge in [-0.2, -0.15) is 0 Å². The first-order valence-corrected chi connectivity index (χ1v) is 19.5. The predicted molar refractivity (Wildman–Crippen MR) is 180 cm³/mol. The molecule has 3 atom stereocenters. The number of aromatic nitrogens is 1. The number of piperazine rings is 1. The minimum Gasteiger partial charge on any atom is -0.549 e. The molecule has 2 aliphatic rings. The molecular weight excluding hydrogens is 559 g/mol. The van der Waals surface area contributed by atoms with Crippen molar-refractivity contribution >= 4 is 36.8 Å². The quantitative estimate of drug-likeness (QED) is 0.226. The fourth-order valence-electron chi connectivity index (χ4n) is 5.76. The molecule has 238 valence electrons. The molecule has 1 aromatic rings. The zero-order chi connectivity index (χ0) is 32.1. The van der Waals surface area contributed by atoms with E-state index in [0.29, 0.717) is 23.6 Å². The maximum Gasteiger partial charge on any atom is 0.410 e. The molecule has 0 saturated carbocycles. The van der Waals surface area contributed by atoms with Crippen LogP contribution in [0.4, 0.5) is 10.6 Å². The Morgan fingerprint density at radius 1 is 1.12 bits per heavy atom. The van der Waals surface area contributed by atoms with Crippen molar-refractivity contribution in [3.05, 3.63) is 29.1 Å². The highest BCUT2D eigenvalue weighted by molar-refractivity contribution is 6.74. The van der Waals surface area contributed by atoms with E-state index >= 15 is 0 Å². The molecule has 3 rings (SSSR count). The number of hydrogen-bond acceptors (Lipinski definition) is 6. The molecule has 0 N–H and O–H groups in total. The van der Waals surface area contributed by atoms with Gasteiger partial charge in [0.05, 0.1) is 24.1 Å². The summed E-state index contributed by atoms with van der Waals surface area (Å²) in [4.78, 5) is 22.8. The Labute approximate surface area is 260 Å². The standard InChI is InChI=1S/C33H59N3O4Si2/c1-15-32(9,10)33(11,12)27(40-41)26-23(16-17-38-42(13,14)31(6,7)8)18-24-19-25-21-35(29(37)39-30(3,4)5)20-22(2)36(25)28(24)34-26/h16-18,22,25,27H,15,19-21H2,1-14,41H3/t22-,25-,27?/m1/s1. The van der Waals surface area contributed by atoms with Gasteiger partial charge in [-0.25, -0.2) is 9.78 Å². The second-order valence-electron chi connectivity index (χ2n) is 16.2. The molecule has 0 aromatic carbocycles.